The highest BCUT2D eigenvalue weighted by atomic mass is 127. The van der Waals surface area contributed by atoms with Crippen LogP contribution in [-0.2, 0) is 0 Å². The molecule has 0 aliphatic carbocycles. The molecule has 3 nitrogen and oxygen atoms in total. The Bertz CT molecular complexity index is 389. The lowest BCUT2D eigenvalue weighted by atomic mass is 10.3. The average Bonchev–Trinajstić information content (AvgIpc) is 2.83. The van der Waals surface area contributed by atoms with Crippen LogP contribution in [0.15, 0.2) is 15.6 Å². The summed E-state index contributed by atoms with van der Waals surface area (Å²) < 4.78 is 1.81. The molecule has 0 radical (unpaired) electrons. The van der Waals surface area contributed by atoms with Gasteiger partial charge in [0, 0.05) is 26.9 Å². The third-order valence-electron chi connectivity index (χ3n) is 2.78. The quantitative estimate of drug-likeness (QED) is 0.466. The fourth-order valence-corrected chi connectivity index (χ4v) is 4.33. The molecule has 0 aromatic rings. The van der Waals surface area contributed by atoms with Gasteiger partial charge in [-0.2, -0.15) is 5.26 Å². The first kappa shape index (κ1) is 13.9. The molecule has 2 heterocycles. The number of hydrogen-bond donors (Lipinski definition) is 0. The maximum absolute atomic E-state index is 9.16. The van der Waals surface area contributed by atoms with Crippen LogP contribution in [-0.4, -0.2) is 37.9 Å². The molecule has 0 bridgehead atoms. The van der Waals surface area contributed by atoms with E-state index in [9.17, 15) is 0 Å². The summed E-state index contributed by atoms with van der Waals surface area (Å²) in [6.45, 7) is 1.05. The number of alkyl halides is 2. The van der Waals surface area contributed by atoms with Crippen molar-refractivity contribution in [3.8, 4) is 6.07 Å². The number of nitrogens with zero attached hydrogens (tertiary/aromatic N) is 3. The Labute approximate surface area is 133 Å². The lowest BCUT2D eigenvalue weighted by Gasteiger charge is -2.29. The van der Waals surface area contributed by atoms with Crippen LogP contribution >= 0.6 is 56.9 Å². The van der Waals surface area contributed by atoms with E-state index in [1.165, 1.54) is 6.42 Å². The number of rotatable bonds is 4. The van der Waals surface area contributed by atoms with E-state index in [2.05, 4.69) is 61.1 Å². The molecule has 2 atom stereocenters. The highest BCUT2D eigenvalue weighted by Crippen LogP contribution is 2.35. The van der Waals surface area contributed by atoms with E-state index in [0.29, 0.717) is 10.1 Å². The van der Waals surface area contributed by atoms with Crippen LogP contribution in [0.25, 0.3) is 0 Å². The van der Waals surface area contributed by atoms with Gasteiger partial charge in [0.25, 0.3) is 0 Å². The molecule has 2 aliphatic heterocycles. The molecular weight excluding hydrogens is 460 g/mol. The summed E-state index contributed by atoms with van der Waals surface area (Å²) in [4.78, 5) is 6.75. The Balaban J connectivity index is 2.11. The molecule has 1 fully saturated rings. The molecular formula is C11H13I2N3S. The molecule has 17 heavy (non-hydrogen) atoms. The summed E-state index contributed by atoms with van der Waals surface area (Å²) in [7, 11) is 0. The third-order valence-corrected chi connectivity index (χ3v) is 8.30. The first-order chi connectivity index (χ1) is 8.26. The zero-order valence-corrected chi connectivity index (χ0v) is 14.4. The Kier molecular flexibility index (Phi) is 5.42. The molecule has 0 amide bonds. The van der Waals surface area contributed by atoms with Crippen molar-refractivity contribution in [1.82, 2.24) is 4.90 Å². The molecule has 2 rings (SSSR count). The van der Waals surface area contributed by atoms with Crippen molar-refractivity contribution in [3.05, 3.63) is 10.6 Å². The van der Waals surface area contributed by atoms with E-state index in [1.54, 1.807) is 6.21 Å². The van der Waals surface area contributed by atoms with Gasteiger partial charge in [-0.15, -0.1) is 11.8 Å². The van der Waals surface area contributed by atoms with Crippen molar-refractivity contribution >= 4 is 63.2 Å². The number of nitriles is 1. The van der Waals surface area contributed by atoms with Gasteiger partial charge in [0.15, 0.2) is 0 Å². The maximum Gasteiger partial charge on any atom is 0.121 e. The Morgan fingerprint density at radius 2 is 2.53 bits per heavy atom. The average molecular weight is 473 g/mol. The van der Waals surface area contributed by atoms with Gasteiger partial charge in [0.1, 0.15) is 12.2 Å². The zero-order chi connectivity index (χ0) is 12.3. The van der Waals surface area contributed by atoms with Gasteiger partial charge in [-0.25, -0.2) is 0 Å². The number of allylic oxidation sites excluding steroid dienone is 1. The Hall–Kier alpha value is 0.510. The second-order valence-electron chi connectivity index (χ2n) is 3.99. The fraction of sp³-hybridized carbons (Fsp3) is 0.636. The van der Waals surface area contributed by atoms with Gasteiger partial charge in [0.05, 0.1) is 10.6 Å². The monoisotopic (exact) mass is 473 g/mol. The van der Waals surface area contributed by atoms with Gasteiger partial charge >= 0.3 is 0 Å². The number of fused-ring (bicyclic) bond motifs is 1. The van der Waals surface area contributed by atoms with Crippen LogP contribution in [0.4, 0.5) is 0 Å². The van der Waals surface area contributed by atoms with Crippen LogP contribution in [0.2, 0.25) is 0 Å². The van der Waals surface area contributed by atoms with Gasteiger partial charge in [-0.05, 0) is 12.8 Å². The lowest BCUT2D eigenvalue weighted by Crippen LogP contribution is -2.30. The topological polar surface area (TPSA) is 39.4 Å². The van der Waals surface area contributed by atoms with Gasteiger partial charge in [-0.3, -0.25) is 4.99 Å². The van der Waals surface area contributed by atoms with Crippen molar-refractivity contribution in [1.29, 1.82) is 5.26 Å². The Morgan fingerprint density at radius 3 is 3.24 bits per heavy atom. The summed E-state index contributed by atoms with van der Waals surface area (Å²) in [6.07, 6.45) is 4.37. The summed E-state index contributed by atoms with van der Waals surface area (Å²) in [6, 6.07) is 2.27. The highest BCUT2D eigenvalue weighted by molar-refractivity contribution is 14.1. The second kappa shape index (κ2) is 6.61. The largest absolute Gasteiger partial charge is 0.343 e. The number of thioether (sulfide) groups is 1. The highest BCUT2D eigenvalue weighted by Gasteiger charge is 2.30. The normalized spacial score (nSPS) is 24.8. The predicted octanol–water partition coefficient (Wildman–Crippen LogP) is 3.20. The third kappa shape index (κ3) is 3.29. The standard InChI is InChI=1S/C11H13I2N3S/c12-4-9(13)7-17-11-8(5-14)6-15-10-2-1-3-16(10)11/h6,9-10H,1-4,7H2/t9-,10-/m0/s1. The van der Waals surface area contributed by atoms with Crippen molar-refractivity contribution < 1.29 is 0 Å². The van der Waals surface area contributed by atoms with Crippen molar-refractivity contribution in [2.24, 2.45) is 4.99 Å². The van der Waals surface area contributed by atoms with Crippen molar-refractivity contribution in [3.63, 3.8) is 0 Å². The smallest absolute Gasteiger partial charge is 0.121 e. The van der Waals surface area contributed by atoms with Gasteiger partial charge in [0.2, 0.25) is 0 Å². The summed E-state index contributed by atoms with van der Waals surface area (Å²) in [5.74, 6) is 1.07. The summed E-state index contributed by atoms with van der Waals surface area (Å²) in [5.41, 5.74) is 0.741. The molecule has 0 saturated carbocycles. The first-order valence-corrected chi connectivity index (χ1v) is 9.29. The van der Waals surface area contributed by atoms with E-state index in [0.717, 1.165) is 33.7 Å². The van der Waals surface area contributed by atoms with E-state index in [-0.39, 0.29) is 0 Å². The fourth-order valence-electron chi connectivity index (χ4n) is 1.96. The number of aliphatic imine (C=N–C) groups is 1. The van der Waals surface area contributed by atoms with Crippen LogP contribution < -0.4 is 0 Å². The predicted molar refractivity (Wildman–Crippen MR) is 90.0 cm³/mol. The minimum absolute atomic E-state index is 0.293. The molecule has 0 aromatic heterocycles. The molecule has 0 spiro atoms. The number of halogens is 2. The van der Waals surface area contributed by atoms with E-state index < -0.39 is 0 Å². The lowest BCUT2D eigenvalue weighted by molar-refractivity contribution is 0.347. The van der Waals surface area contributed by atoms with Crippen molar-refractivity contribution in [2.75, 3.05) is 16.7 Å². The van der Waals surface area contributed by atoms with Crippen LogP contribution in [0.3, 0.4) is 0 Å². The summed E-state index contributed by atoms with van der Waals surface area (Å²) in [5, 5.41) is 10.3. The molecule has 1 saturated heterocycles. The SMILES string of the molecule is N#CC1=C(SC[C@@H](I)CI)N2CCC[C@H]2N=C1. The van der Waals surface area contributed by atoms with Crippen LogP contribution in [0, 0.1) is 11.3 Å². The molecule has 92 valence electrons. The second-order valence-corrected chi connectivity index (χ2v) is 7.64. The summed E-state index contributed by atoms with van der Waals surface area (Å²) >= 11 is 6.70. The minimum atomic E-state index is 0.293. The molecule has 0 aromatic carbocycles. The Morgan fingerprint density at radius 1 is 1.71 bits per heavy atom. The first-order valence-electron chi connectivity index (χ1n) is 5.53. The van der Waals surface area contributed by atoms with Gasteiger partial charge < -0.3 is 4.90 Å². The minimum Gasteiger partial charge on any atom is -0.343 e. The maximum atomic E-state index is 9.16. The van der Waals surface area contributed by atoms with Crippen LogP contribution in [0.1, 0.15) is 12.8 Å². The number of hydrogen-bond acceptors (Lipinski definition) is 4. The zero-order valence-electron chi connectivity index (χ0n) is 9.27. The van der Waals surface area contributed by atoms with Crippen LogP contribution in [0.5, 0.6) is 0 Å². The molecule has 0 unspecified atom stereocenters. The van der Waals surface area contributed by atoms with Crippen molar-refractivity contribution in [2.45, 2.75) is 22.9 Å². The molecule has 0 N–H and O–H groups in total. The van der Waals surface area contributed by atoms with E-state index in [4.69, 9.17) is 5.26 Å². The van der Waals surface area contributed by atoms with E-state index >= 15 is 0 Å². The van der Waals surface area contributed by atoms with Gasteiger partial charge in [-0.1, -0.05) is 45.2 Å². The molecule has 6 heteroatoms. The van der Waals surface area contributed by atoms with E-state index in [1.807, 2.05) is 11.8 Å². The molecule has 2 aliphatic rings.